The summed E-state index contributed by atoms with van der Waals surface area (Å²) in [5.41, 5.74) is 1.72. The van der Waals surface area contributed by atoms with Gasteiger partial charge in [0, 0.05) is 10.8 Å². The zero-order chi connectivity index (χ0) is 23.7. The molecule has 0 radical (unpaired) electrons. The summed E-state index contributed by atoms with van der Waals surface area (Å²) in [6.45, 7) is 4.09. The molecule has 34 heavy (non-hydrogen) atoms. The molecule has 0 bridgehead atoms. The van der Waals surface area contributed by atoms with E-state index in [1.54, 1.807) is 24.1 Å². The van der Waals surface area contributed by atoms with Crippen LogP contribution in [-0.4, -0.2) is 34.4 Å². The lowest BCUT2D eigenvalue weighted by Gasteiger charge is -2.32. The number of amides is 1. The molecule has 3 aromatic rings. The number of benzene rings is 2. The largest absolute Gasteiger partial charge is 0.462 e. The smallest absolute Gasteiger partial charge is 0.338 e. The van der Waals surface area contributed by atoms with Gasteiger partial charge >= 0.3 is 5.97 Å². The van der Waals surface area contributed by atoms with Crippen molar-refractivity contribution in [2.75, 3.05) is 12.4 Å². The summed E-state index contributed by atoms with van der Waals surface area (Å²) in [6, 6.07) is 18.2. The Morgan fingerprint density at radius 2 is 1.91 bits per heavy atom. The van der Waals surface area contributed by atoms with Gasteiger partial charge in [-0.25, -0.2) is 14.8 Å². The zero-order valence-electron chi connectivity index (χ0n) is 18.6. The number of hydrogen-bond donors (Lipinski definition) is 1. The van der Waals surface area contributed by atoms with Crippen LogP contribution in [0.15, 0.2) is 75.2 Å². The summed E-state index contributed by atoms with van der Waals surface area (Å²) >= 11 is 1.45. The second kappa shape index (κ2) is 9.18. The fourth-order valence-electron chi connectivity index (χ4n) is 3.85. The molecule has 0 spiro atoms. The van der Waals surface area contributed by atoms with E-state index in [0.29, 0.717) is 39.9 Å². The van der Waals surface area contributed by atoms with Gasteiger partial charge < -0.3 is 9.15 Å². The lowest BCUT2D eigenvalue weighted by Crippen LogP contribution is -2.50. The first-order valence-corrected chi connectivity index (χ1v) is 11.9. The van der Waals surface area contributed by atoms with Gasteiger partial charge in [-0.15, -0.1) is 5.10 Å². The minimum atomic E-state index is -0.629. The molecule has 172 valence electrons. The number of thioether (sulfide) groups is 1. The molecule has 1 atom stereocenters. The number of ether oxygens (including phenoxy) is 1. The van der Waals surface area contributed by atoms with Crippen molar-refractivity contribution in [1.82, 2.24) is 10.3 Å². The summed E-state index contributed by atoms with van der Waals surface area (Å²) < 4.78 is 11.2. The van der Waals surface area contributed by atoms with Crippen molar-refractivity contribution in [1.29, 1.82) is 0 Å². The number of nitrogens with zero attached hydrogens (tertiary/aromatic N) is 3. The van der Waals surface area contributed by atoms with Gasteiger partial charge in [0.05, 0.1) is 17.5 Å². The first-order chi connectivity index (χ1) is 16.6. The molecule has 1 unspecified atom stereocenters. The molecule has 2 aliphatic rings. The molecular formula is C25H22N4O4S. The maximum atomic E-state index is 13.0. The fraction of sp³-hybridized carbons (Fsp3) is 0.200. The molecule has 0 aliphatic carbocycles. The van der Waals surface area contributed by atoms with Crippen LogP contribution in [0.1, 0.15) is 36.1 Å². The van der Waals surface area contributed by atoms with E-state index in [4.69, 9.17) is 14.1 Å². The Morgan fingerprint density at radius 3 is 2.68 bits per heavy atom. The van der Waals surface area contributed by atoms with Crippen LogP contribution in [-0.2, 0) is 9.53 Å². The number of esters is 1. The Bertz CT molecular complexity index is 1410. The van der Waals surface area contributed by atoms with Gasteiger partial charge in [-0.2, -0.15) is 0 Å². The third-order valence-electron chi connectivity index (χ3n) is 5.36. The van der Waals surface area contributed by atoms with E-state index in [-0.39, 0.29) is 11.9 Å². The van der Waals surface area contributed by atoms with Crippen LogP contribution in [0.5, 0.6) is 0 Å². The topological polar surface area (TPSA) is 96.5 Å². The van der Waals surface area contributed by atoms with Gasteiger partial charge in [-0.3, -0.25) is 10.1 Å². The number of hydrazone groups is 1. The van der Waals surface area contributed by atoms with Crippen LogP contribution in [0.25, 0.3) is 17.0 Å². The third kappa shape index (κ3) is 3.99. The van der Waals surface area contributed by atoms with Crippen molar-refractivity contribution in [3.05, 3.63) is 82.6 Å². The highest BCUT2D eigenvalue weighted by molar-refractivity contribution is 8.13. The number of nitrogens with one attached hydrogen (secondary N) is 1. The predicted molar refractivity (Wildman–Crippen MR) is 129 cm³/mol. The second-order valence-electron chi connectivity index (χ2n) is 7.51. The molecular weight excluding hydrogens is 452 g/mol. The number of carbonyl (C=O) groups excluding carboxylic acids is 2. The van der Waals surface area contributed by atoms with Crippen LogP contribution in [0.2, 0.25) is 0 Å². The number of hydrogen-bond acceptors (Lipinski definition) is 8. The van der Waals surface area contributed by atoms with Gasteiger partial charge in [0.15, 0.2) is 10.9 Å². The summed E-state index contributed by atoms with van der Waals surface area (Å²) in [4.78, 5) is 29.8. The minimum absolute atomic E-state index is 0.223. The lowest BCUT2D eigenvalue weighted by molar-refractivity contribution is -0.116. The monoisotopic (exact) mass is 474 g/mol. The Balaban J connectivity index is 1.53. The molecule has 0 fully saturated rings. The molecule has 3 heterocycles. The molecule has 2 aromatic carbocycles. The van der Waals surface area contributed by atoms with Crippen molar-refractivity contribution in [2.24, 2.45) is 10.1 Å². The first-order valence-electron chi connectivity index (χ1n) is 11.0. The average molecular weight is 475 g/mol. The Morgan fingerprint density at radius 1 is 1.12 bits per heavy atom. The number of carbonyl (C=O) groups is 2. The zero-order valence-corrected chi connectivity index (χ0v) is 19.5. The number of rotatable bonds is 5. The number of amidine groups is 1. The molecule has 1 aromatic heterocycles. The minimum Gasteiger partial charge on any atom is -0.462 e. The van der Waals surface area contributed by atoms with E-state index in [9.17, 15) is 9.59 Å². The summed E-state index contributed by atoms with van der Waals surface area (Å²) in [7, 11) is 0. The van der Waals surface area contributed by atoms with Crippen molar-refractivity contribution in [3.63, 3.8) is 0 Å². The highest BCUT2D eigenvalue weighted by Gasteiger charge is 2.35. The number of para-hydroxylation sites is 1. The second-order valence-corrected chi connectivity index (χ2v) is 8.76. The van der Waals surface area contributed by atoms with Crippen LogP contribution in [0, 0.1) is 0 Å². The van der Waals surface area contributed by atoms with Crippen LogP contribution in [0.3, 0.4) is 0 Å². The van der Waals surface area contributed by atoms with E-state index in [0.717, 1.165) is 16.5 Å². The molecule has 0 saturated carbocycles. The highest BCUT2D eigenvalue weighted by Crippen LogP contribution is 2.34. The maximum Gasteiger partial charge on any atom is 0.338 e. The summed E-state index contributed by atoms with van der Waals surface area (Å²) in [5.74, 6) is 1.36. The highest BCUT2D eigenvalue weighted by atomic mass is 32.2. The van der Waals surface area contributed by atoms with Crippen LogP contribution < -0.4 is 15.9 Å². The molecule has 8 nitrogen and oxygen atoms in total. The molecule has 5 rings (SSSR count). The summed E-state index contributed by atoms with van der Waals surface area (Å²) in [6.07, 6.45) is -0.629. The molecule has 1 N–H and O–H groups in total. The van der Waals surface area contributed by atoms with Gasteiger partial charge in [-0.1, -0.05) is 49.0 Å². The van der Waals surface area contributed by atoms with Crippen molar-refractivity contribution in [2.45, 2.75) is 20.0 Å². The van der Waals surface area contributed by atoms with Gasteiger partial charge in [0.2, 0.25) is 6.17 Å². The molecule has 9 heteroatoms. The van der Waals surface area contributed by atoms with Crippen molar-refractivity contribution >= 4 is 34.5 Å². The lowest BCUT2D eigenvalue weighted by atomic mass is 10.1. The van der Waals surface area contributed by atoms with E-state index >= 15 is 0 Å². The van der Waals surface area contributed by atoms with Crippen molar-refractivity contribution < 1.29 is 18.7 Å². The Labute approximate surface area is 200 Å². The van der Waals surface area contributed by atoms with Crippen molar-refractivity contribution in [3.8, 4) is 11.3 Å². The maximum absolute atomic E-state index is 13.0. The summed E-state index contributed by atoms with van der Waals surface area (Å²) in [5, 5.41) is 11.1. The Kier molecular flexibility index (Phi) is 5.93. The van der Waals surface area contributed by atoms with Crippen LogP contribution in [0.4, 0.5) is 0 Å². The van der Waals surface area contributed by atoms with E-state index in [2.05, 4.69) is 10.4 Å². The quantitative estimate of drug-likeness (QED) is 0.571. The van der Waals surface area contributed by atoms with Gasteiger partial charge in [0.25, 0.3) is 5.91 Å². The Hall–Kier alpha value is -3.85. The molecule has 2 aliphatic heterocycles. The first kappa shape index (κ1) is 22.0. The van der Waals surface area contributed by atoms with E-state index in [1.807, 2.05) is 55.5 Å². The van der Waals surface area contributed by atoms with Crippen LogP contribution >= 0.6 is 11.8 Å². The standard InChI is InChI=1S/C25H22N4O4S/c1-3-32-24(31)16-11-9-15(10-12-16)19-13-14-20(33-19)22-26-18-8-6-5-7-17(18)21-23(30)27-25(34-4-2)28-29(21)22/h5-14,22H,3-4H2,1-2H3,(H,27,28,30). The average Bonchev–Trinajstić information content (AvgIpc) is 3.34. The fourth-order valence-corrected chi connectivity index (χ4v) is 4.43. The van der Waals surface area contributed by atoms with E-state index < -0.39 is 6.17 Å². The SMILES string of the molecule is CCOC(=O)c1ccc(-c2ccc(C3N=c4ccccc4=C4C(=O)NC(SCC)=NN43)o2)cc1. The normalized spacial score (nSPS) is 16.7. The third-order valence-corrected chi connectivity index (χ3v) is 6.10. The van der Waals surface area contributed by atoms with Gasteiger partial charge in [0.1, 0.15) is 11.5 Å². The molecule has 0 saturated heterocycles. The van der Waals surface area contributed by atoms with Gasteiger partial charge in [-0.05, 0) is 43.0 Å². The predicted octanol–water partition coefficient (Wildman–Crippen LogP) is 3.02. The molecule has 1 amide bonds. The number of fused-ring (bicyclic) bond motifs is 2. The number of furan rings is 1. The van der Waals surface area contributed by atoms with E-state index in [1.165, 1.54) is 11.8 Å².